The van der Waals surface area contributed by atoms with Crippen molar-refractivity contribution >= 4 is 21.9 Å². The minimum Gasteiger partial charge on any atom is -0.377 e. The van der Waals surface area contributed by atoms with Crippen LogP contribution in [0.5, 0.6) is 0 Å². The number of fused-ring (bicyclic) bond motifs is 2. The molecule has 1 aliphatic rings. The molecule has 0 amide bonds. The second-order valence-corrected chi connectivity index (χ2v) is 7.37. The first-order valence-corrected chi connectivity index (χ1v) is 8.84. The number of imidazole rings is 1. The number of hydrogen-bond acceptors (Lipinski definition) is 2. The smallest absolute Gasteiger partial charge is 0.145 e. The molecule has 1 unspecified atom stereocenters. The van der Waals surface area contributed by atoms with Gasteiger partial charge in [-0.3, -0.25) is 0 Å². The van der Waals surface area contributed by atoms with Gasteiger partial charge in [0.05, 0.1) is 11.0 Å². The maximum Gasteiger partial charge on any atom is 0.145 e. The Bertz CT molecular complexity index is 1070. The van der Waals surface area contributed by atoms with E-state index in [-0.39, 0.29) is 0 Å². The standard InChI is InChI=1S/C21H21N3O/c1-12-11-15(13-7-8-13)18(14-9-10-22-19(12)14)21(2,25)20-23-16-5-3-4-6-17(16)24-20/h3-6,9-11,13,22,25H,7-8H2,1-2H3,(H,23,24). The van der Waals surface area contributed by atoms with Crippen molar-refractivity contribution in [1.29, 1.82) is 0 Å². The molecule has 0 saturated heterocycles. The Hall–Kier alpha value is -2.59. The molecule has 5 rings (SSSR count). The van der Waals surface area contributed by atoms with Crippen LogP contribution >= 0.6 is 0 Å². The van der Waals surface area contributed by atoms with Gasteiger partial charge in [-0.25, -0.2) is 4.98 Å². The second-order valence-electron chi connectivity index (χ2n) is 7.37. The van der Waals surface area contributed by atoms with Gasteiger partial charge >= 0.3 is 0 Å². The molecule has 0 spiro atoms. The number of H-pyrrole nitrogens is 2. The summed E-state index contributed by atoms with van der Waals surface area (Å²) < 4.78 is 0. The highest BCUT2D eigenvalue weighted by Gasteiger charge is 2.38. The van der Waals surface area contributed by atoms with Crippen molar-refractivity contribution in [3.63, 3.8) is 0 Å². The zero-order chi connectivity index (χ0) is 17.2. The molecule has 1 saturated carbocycles. The number of nitrogens with zero attached hydrogens (tertiary/aromatic N) is 1. The van der Waals surface area contributed by atoms with E-state index in [4.69, 9.17) is 0 Å². The minimum absolute atomic E-state index is 0.545. The van der Waals surface area contributed by atoms with Crippen molar-refractivity contribution in [2.75, 3.05) is 0 Å². The van der Waals surface area contributed by atoms with Gasteiger partial charge in [0, 0.05) is 22.7 Å². The Morgan fingerprint density at radius 1 is 1.20 bits per heavy atom. The van der Waals surface area contributed by atoms with E-state index in [1.807, 2.05) is 37.4 Å². The lowest BCUT2D eigenvalue weighted by molar-refractivity contribution is 0.0941. The molecule has 1 fully saturated rings. The average molecular weight is 331 g/mol. The molecule has 0 aliphatic heterocycles. The molecule has 4 aromatic rings. The maximum atomic E-state index is 11.6. The van der Waals surface area contributed by atoms with Crippen LogP contribution < -0.4 is 0 Å². The van der Waals surface area contributed by atoms with E-state index in [0.29, 0.717) is 11.7 Å². The number of rotatable bonds is 3. The fraction of sp³-hybridized carbons (Fsp3) is 0.286. The van der Waals surface area contributed by atoms with Crippen molar-refractivity contribution in [2.45, 2.75) is 38.2 Å². The van der Waals surface area contributed by atoms with Gasteiger partial charge in [0.15, 0.2) is 0 Å². The molecule has 0 radical (unpaired) electrons. The van der Waals surface area contributed by atoms with Crippen LogP contribution in [-0.4, -0.2) is 20.1 Å². The van der Waals surface area contributed by atoms with Crippen LogP contribution in [0.1, 0.15) is 48.2 Å². The van der Waals surface area contributed by atoms with Gasteiger partial charge in [0.2, 0.25) is 0 Å². The zero-order valence-corrected chi connectivity index (χ0v) is 14.4. The molecule has 4 nitrogen and oxygen atoms in total. The van der Waals surface area contributed by atoms with Crippen LogP contribution in [0.25, 0.3) is 21.9 Å². The van der Waals surface area contributed by atoms with E-state index < -0.39 is 5.60 Å². The van der Waals surface area contributed by atoms with E-state index in [0.717, 1.165) is 27.5 Å². The summed E-state index contributed by atoms with van der Waals surface area (Å²) in [5, 5.41) is 12.7. The highest BCUT2D eigenvalue weighted by atomic mass is 16.3. The fourth-order valence-electron chi connectivity index (χ4n) is 4.00. The lowest BCUT2D eigenvalue weighted by Gasteiger charge is -2.26. The topological polar surface area (TPSA) is 64.7 Å². The predicted molar refractivity (Wildman–Crippen MR) is 99.8 cm³/mol. The van der Waals surface area contributed by atoms with Gasteiger partial charge in [-0.1, -0.05) is 18.2 Å². The van der Waals surface area contributed by atoms with Crippen LogP contribution in [0.3, 0.4) is 0 Å². The Morgan fingerprint density at radius 3 is 2.76 bits per heavy atom. The molecule has 0 bridgehead atoms. The first-order chi connectivity index (χ1) is 12.1. The SMILES string of the molecule is Cc1cc(C2CC2)c(C(C)(O)c2nc3ccccc3[nH]2)c2cc[nH]c12. The predicted octanol–water partition coefficient (Wildman–Crippen LogP) is 4.49. The summed E-state index contributed by atoms with van der Waals surface area (Å²) in [5.74, 6) is 1.14. The van der Waals surface area contributed by atoms with E-state index >= 15 is 0 Å². The first kappa shape index (κ1) is 14.7. The molecule has 4 heteroatoms. The van der Waals surface area contributed by atoms with Gasteiger partial charge in [-0.05, 0) is 61.9 Å². The van der Waals surface area contributed by atoms with Crippen LogP contribution in [0.15, 0.2) is 42.6 Å². The number of benzene rings is 2. The Balaban J connectivity index is 1.79. The van der Waals surface area contributed by atoms with Crippen molar-refractivity contribution in [3.8, 4) is 0 Å². The van der Waals surface area contributed by atoms with Gasteiger partial charge in [0.1, 0.15) is 11.4 Å². The van der Waals surface area contributed by atoms with Crippen molar-refractivity contribution in [3.05, 3.63) is 65.1 Å². The minimum atomic E-state index is -1.18. The third kappa shape index (κ3) is 2.14. The summed E-state index contributed by atoms with van der Waals surface area (Å²) in [5.41, 5.74) is 5.21. The molecule has 1 atom stereocenters. The lowest BCUT2D eigenvalue weighted by Crippen LogP contribution is -2.26. The summed E-state index contributed by atoms with van der Waals surface area (Å²) in [6.07, 6.45) is 4.34. The van der Waals surface area contributed by atoms with Crippen LogP contribution in [0, 0.1) is 6.92 Å². The number of para-hydroxylation sites is 2. The number of aliphatic hydroxyl groups is 1. The summed E-state index contributed by atoms with van der Waals surface area (Å²) in [4.78, 5) is 11.3. The van der Waals surface area contributed by atoms with E-state index in [9.17, 15) is 5.11 Å². The quantitative estimate of drug-likeness (QED) is 0.518. The highest BCUT2D eigenvalue weighted by Crippen LogP contribution is 2.48. The monoisotopic (exact) mass is 331 g/mol. The summed E-state index contributed by atoms with van der Waals surface area (Å²) in [7, 11) is 0. The Labute approximate surface area is 145 Å². The van der Waals surface area contributed by atoms with Crippen molar-refractivity contribution in [2.24, 2.45) is 0 Å². The molecular weight excluding hydrogens is 310 g/mol. The van der Waals surface area contributed by atoms with Crippen LogP contribution in [-0.2, 0) is 5.60 Å². The summed E-state index contributed by atoms with van der Waals surface area (Å²) in [6, 6.07) is 12.2. The molecule has 2 aromatic heterocycles. The zero-order valence-electron chi connectivity index (χ0n) is 14.4. The lowest BCUT2D eigenvalue weighted by atomic mass is 9.85. The van der Waals surface area contributed by atoms with Crippen LogP contribution in [0.2, 0.25) is 0 Å². The van der Waals surface area contributed by atoms with Gasteiger partial charge in [-0.2, -0.15) is 0 Å². The van der Waals surface area contributed by atoms with Crippen molar-refractivity contribution in [1.82, 2.24) is 15.0 Å². The van der Waals surface area contributed by atoms with E-state index in [1.54, 1.807) is 0 Å². The van der Waals surface area contributed by atoms with Gasteiger partial charge < -0.3 is 15.1 Å². The largest absolute Gasteiger partial charge is 0.377 e. The third-order valence-corrected chi connectivity index (χ3v) is 5.43. The normalized spacial score (nSPS) is 17.2. The van der Waals surface area contributed by atoms with E-state index in [2.05, 4.69) is 34.0 Å². The van der Waals surface area contributed by atoms with Gasteiger partial charge in [0.25, 0.3) is 0 Å². The molecule has 3 N–H and O–H groups in total. The molecule has 2 heterocycles. The number of aromatic amines is 2. The number of nitrogens with one attached hydrogen (secondary N) is 2. The van der Waals surface area contributed by atoms with Crippen molar-refractivity contribution < 1.29 is 5.11 Å². The molecule has 25 heavy (non-hydrogen) atoms. The third-order valence-electron chi connectivity index (χ3n) is 5.43. The second kappa shape index (κ2) is 4.96. The van der Waals surface area contributed by atoms with E-state index in [1.165, 1.54) is 24.0 Å². The first-order valence-electron chi connectivity index (χ1n) is 8.84. The maximum absolute atomic E-state index is 11.6. The highest BCUT2D eigenvalue weighted by molar-refractivity contribution is 5.89. The fourth-order valence-corrected chi connectivity index (χ4v) is 4.00. The molecule has 2 aromatic carbocycles. The molecule has 1 aliphatic carbocycles. The number of hydrogen-bond donors (Lipinski definition) is 3. The summed E-state index contributed by atoms with van der Waals surface area (Å²) >= 11 is 0. The number of aromatic nitrogens is 3. The molecule has 126 valence electrons. The molecular formula is C21H21N3O. The van der Waals surface area contributed by atoms with Gasteiger partial charge in [-0.15, -0.1) is 0 Å². The average Bonchev–Trinajstić information content (AvgIpc) is 3.15. The summed E-state index contributed by atoms with van der Waals surface area (Å²) in [6.45, 7) is 3.98. The number of aryl methyl sites for hydroxylation is 1. The Kier molecular flexibility index (Phi) is 2.92. The Morgan fingerprint density at radius 2 is 2.00 bits per heavy atom. The van der Waals surface area contributed by atoms with Crippen LogP contribution in [0.4, 0.5) is 0 Å².